The zero-order valence-corrected chi connectivity index (χ0v) is 21.2. The van der Waals surface area contributed by atoms with Gasteiger partial charge in [0.2, 0.25) is 0 Å². The van der Waals surface area contributed by atoms with Gasteiger partial charge in [-0.05, 0) is 91.3 Å². The first-order valence-electron chi connectivity index (χ1n) is 13.5. The van der Waals surface area contributed by atoms with Gasteiger partial charge in [-0.3, -0.25) is 4.79 Å². The fraction of sp³-hybridized carbons (Fsp3) is 0.897. The predicted molar refractivity (Wildman–Crippen MR) is 129 cm³/mol. The van der Waals surface area contributed by atoms with Crippen LogP contribution in [0.15, 0.2) is 11.6 Å². The van der Waals surface area contributed by atoms with Gasteiger partial charge < -0.3 is 4.74 Å². The average molecular weight is 429 g/mol. The molecule has 2 nitrogen and oxygen atoms in total. The van der Waals surface area contributed by atoms with E-state index in [4.69, 9.17) is 4.74 Å². The highest BCUT2D eigenvalue weighted by Gasteiger charge is 2.59. The van der Waals surface area contributed by atoms with Crippen molar-refractivity contribution < 1.29 is 9.53 Å². The van der Waals surface area contributed by atoms with Crippen molar-refractivity contribution in [3.05, 3.63) is 11.6 Å². The van der Waals surface area contributed by atoms with Crippen molar-refractivity contribution in [2.24, 2.45) is 46.3 Å². The van der Waals surface area contributed by atoms with E-state index in [0.717, 1.165) is 48.3 Å². The minimum Gasteiger partial charge on any atom is -0.462 e. The van der Waals surface area contributed by atoms with E-state index in [9.17, 15) is 4.79 Å². The molecule has 31 heavy (non-hydrogen) atoms. The third-order valence-electron chi connectivity index (χ3n) is 10.6. The highest BCUT2D eigenvalue weighted by atomic mass is 16.5. The molecule has 0 spiro atoms. The maximum Gasteiger partial charge on any atom is 0.302 e. The normalized spacial score (nSPS) is 42.9. The van der Waals surface area contributed by atoms with Crippen LogP contribution >= 0.6 is 0 Å². The van der Waals surface area contributed by atoms with Gasteiger partial charge in [-0.2, -0.15) is 0 Å². The van der Waals surface area contributed by atoms with Crippen molar-refractivity contribution >= 4 is 5.97 Å². The molecular weight excluding hydrogens is 380 g/mol. The van der Waals surface area contributed by atoms with Gasteiger partial charge >= 0.3 is 5.97 Å². The number of allylic oxidation sites excluding steroid dienone is 1. The maximum absolute atomic E-state index is 11.5. The quantitative estimate of drug-likeness (QED) is 0.317. The molecule has 0 saturated heterocycles. The summed E-state index contributed by atoms with van der Waals surface area (Å²) in [7, 11) is 0. The van der Waals surface area contributed by atoms with E-state index < -0.39 is 0 Å². The van der Waals surface area contributed by atoms with E-state index in [1.165, 1.54) is 57.8 Å². The summed E-state index contributed by atoms with van der Waals surface area (Å²) in [5, 5.41) is 0. The first-order valence-corrected chi connectivity index (χ1v) is 13.5. The number of carbonyl (C=O) groups is 1. The molecule has 0 radical (unpaired) electrons. The molecule has 4 rings (SSSR count). The molecule has 0 bridgehead atoms. The SMILES string of the molecule is CC(=O)O[C@H]1CC[C@]2(C)C(=CC[C@@H]3[C@@H]2CC[C@@H]2[C@@H]([C@H](C)CCCC(C)C)CC[C@@]23C)C1. The topological polar surface area (TPSA) is 26.3 Å². The van der Waals surface area contributed by atoms with Crippen LogP contribution in [0.4, 0.5) is 0 Å². The Labute approximate surface area is 192 Å². The second-order valence-electron chi connectivity index (χ2n) is 12.8. The molecule has 3 saturated carbocycles. The first-order chi connectivity index (χ1) is 14.6. The van der Waals surface area contributed by atoms with Gasteiger partial charge in [-0.15, -0.1) is 0 Å². The average Bonchev–Trinajstić information content (AvgIpc) is 3.05. The van der Waals surface area contributed by atoms with Crippen LogP contribution in [0.3, 0.4) is 0 Å². The summed E-state index contributed by atoms with van der Waals surface area (Å²) in [5.74, 6) is 5.22. The van der Waals surface area contributed by atoms with E-state index in [1.807, 2.05) is 0 Å². The summed E-state index contributed by atoms with van der Waals surface area (Å²) in [6, 6.07) is 0. The van der Waals surface area contributed by atoms with Crippen molar-refractivity contribution in [1.82, 2.24) is 0 Å². The lowest BCUT2D eigenvalue weighted by Gasteiger charge is -2.59. The van der Waals surface area contributed by atoms with E-state index in [1.54, 1.807) is 12.5 Å². The number of hydrogen-bond donors (Lipinski definition) is 0. The van der Waals surface area contributed by atoms with Gasteiger partial charge in [0, 0.05) is 13.3 Å². The van der Waals surface area contributed by atoms with Gasteiger partial charge in [0.1, 0.15) is 6.10 Å². The second-order valence-corrected chi connectivity index (χ2v) is 12.8. The molecule has 0 aromatic heterocycles. The molecule has 0 unspecified atom stereocenters. The third-order valence-corrected chi connectivity index (χ3v) is 10.6. The molecule has 0 heterocycles. The Bertz CT molecular complexity index is 693. The molecule has 0 N–H and O–H groups in total. The molecular formula is C29H48O2. The lowest BCUT2D eigenvalue weighted by atomic mass is 9.46. The molecule has 0 aliphatic heterocycles. The van der Waals surface area contributed by atoms with Gasteiger partial charge in [0.05, 0.1) is 0 Å². The summed E-state index contributed by atoms with van der Waals surface area (Å²) >= 11 is 0. The van der Waals surface area contributed by atoms with Crippen LogP contribution in [0.2, 0.25) is 0 Å². The number of esters is 1. The zero-order chi connectivity index (χ0) is 22.4. The van der Waals surface area contributed by atoms with E-state index in [-0.39, 0.29) is 12.1 Å². The smallest absolute Gasteiger partial charge is 0.302 e. The summed E-state index contributed by atoms with van der Waals surface area (Å²) in [6.07, 6.45) is 17.2. The number of carbonyl (C=O) groups excluding carboxylic acids is 1. The minimum atomic E-state index is -0.115. The van der Waals surface area contributed by atoms with Gasteiger partial charge in [0.25, 0.3) is 0 Å². The Morgan fingerprint density at radius 2 is 1.77 bits per heavy atom. The lowest BCUT2D eigenvalue weighted by Crippen LogP contribution is -2.51. The molecule has 0 amide bonds. The zero-order valence-electron chi connectivity index (χ0n) is 21.2. The van der Waals surface area contributed by atoms with Crippen LogP contribution in [0.1, 0.15) is 112 Å². The van der Waals surface area contributed by atoms with Gasteiger partial charge in [-0.1, -0.05) is 65.5 Å². The van der Waals surface area contributed by atoms with Crippen LogP contribution in [0.5, 0.6) is 0 Å². The standard InChI is InChI=1S/C29H48O2/c1-19(2)8-7-9-20(3)24-15-17-29(6)25(24)12-13-26-27(29)11-10-22-18-23(31-21(4)30)14-16-28(22,26)5/h10,19-20,23-27H,7-9,11-18H2,1-6H3/t20-,23+,24-,25-,26+,27-,28-,29+/m1/s1. The minimum absolute atomic E-state index is 0.114. The van der Waals surface area contributed by atoms with Crippen LogP contribution in [-0.2, 0) is 9.53 Å². The maximum atomic E-state index is 11.5. The molecule has 0 aromatic rings. The monoisotopic (exact) mass is 428 g/mol. The second kappa shape index (κ2) is 8.86. The summed E-state index contributed by atoms with van der Waals surface area (Å²) in [6.45, 7) is 14.1. The number of hydrogen-bond acceptors (Lipinski definition) is 2. The Morgan fingerprint density at radius 1 is 1.03 bits per heavy atom. The van der Waals surface area contributed by atoms with Crippen molar-refractivity contribution in [3.63, 3.8) is 0 Å². The predicted octanol–water partition coefficient (Wildman–Crippen LogP) is 7.96. The summed E-state index contributed by atoms with van der Waals surface area (Å²) < 4.78 is 5.62. The number of fused-ring (bicyclic) bond motifs is 5. The largest absolute Gasteiger partial charge is 0.462 e. The molecule has 4 aliphatic rings. The summed E-state index contributed by atoms with van der Waals surface area (Å²) in [4.78, 5) is 11.5. The number of rotatable bonds is 6. The number of ether oxygens (including phenoxy) is 1. The van der Waals surface area contributed by atoms with E-state index in [2.05, 4.69) is 40.7 Å². The molecule has 3 fully saturated rings. The Morgan fingerprint density at radius 3 is 2.48 bits per heavy atom. The molecule has 0 aromatic carbocycles. The first kappa shape index (κ1) is 23.4. The highest BCUT2D eigenvalue weighted by molar-refractivity contribution is 5.66. The molecule has 2 heteroatoms. The van der Waals surface area contributed by atoms with Crippen LogP contribution < -0.4 is 0 Å². The van der Waals surface area contributed by atoms with Crippen LogP contribution in [-0.4, -0.2) is 12.1 Å². The van der Waals surface area contributed by atoms with Gasteiger partial charge in [0.15, 0.2) is 0 Å². The van der Waals surface area contributed by atoms with E-state index >= 15 is 0 Å². The van der Waals surface area contributed by atoms with Gasteiger partial charge in [-0.25, -0.2) is 0 Å². The van der Waals surface area contributed by atoms with Crippen molar-refractivity contribution in [1.29, 1.82) is 0 Å². The van der Waals surface area contributed by atoms with Crippen molar-refractivity contribution in [2.75, 3.05) is 0 Å². The lowest BCUT2D eigenvalue weighted by molar-refractivity contribution is -0.148. The molecule has 4 aliphatic carbocycles. The summed E-state index contributed by atoms with van der Waals surface area (Å²) in [5.41, 5.74) is 2.50. The van der Waals surface area contributed by atoms with Crippen LogP contribution in [0.25, 0.3) is 0 Å². The molecule has 176 valence electrons. The van der Waals surface area contributed by atoms with Crippen molar-refractivity contribution in [3.8, 4) is 0 Å². The van der Waals surface area contributed by atoms with Crippen LogP contribution in [0, 0.1) is 46.3 Å². The third kappa shape index (κ3) is 4.26. The fourth-order valence-electron chi connectivity index (χ4n) is 8.86. The van der Waals surface area contributed by atoms with Crippen molar-refractivity contribution in [2.45, 2.75) is 118 Å². The molecule has 8 atom stereocenters. The Balaban J connectivity index is 1.47. The van der Waals surface area contributed by atoms with E-state index in [0.29, 0.717) is 10.8 Å². The Hall–Kier alpha value is -0.790. The Kier molecular flexibility index (Phi) is 6.68. The fourth-order valence-corrected chi connectivity index (χ4v) is 8.86. The highest BCUT2D eigenvalue weighted by Crippen LogP contribution is 2.67.